The number of hydrogen-bond donors (Lipinski definition) is 1. The SMILES string of the molecule is C[C@@H](Oc1cnc(-c2ccc(C#N)c(Cl)c2)c2ncnc(N)c12)c1ncn(C(F)F)n1. The first-order valence-electron chi connectivity index (χ1n) is 8.84. The minimum atomic E-state index is -2.81. The predicted molar refractivity (Wildman–Crippen MR) is 107 cm³/mol. The topological polar surface area (TPSA) is 128 Å². The number of nitrogens with two attached hydrogens (primary N) is 1. The maximum absolute atomic E-state index is 12.8. The van der Waals surface area contributed by atoms with Crippen LogP contribution >= 0.6 is 11.6 Å². The van der Waals surface area contributed by atoms with Crippen LogP contribution in [0.15, 0.2) is 37.1 Å². The number of pyridine rings is 1. The highest BCUT2D eigenvalue weighted by molar-refractivity contribution is 6.32. The van der Waals surface area contributed by atoms with Gasteiger partial charge in [0.15, 0.2) is 17.7 Å². The van der Waals surface area contributed by atoms with Gasteiger partial charge in [-0.15, -0.1) is 5.10 Å². The van der Waals surface area contributed by atoms with Gasteiger partial charge in [-0.3, -0.25) is 4.98 Å². The number of ether oxygens (including phenoxy) is 1. The molecule has 0 amide bonds. The van der Waals surface area contributed by atoms with Crippen LogP contribution in [0.1, 0.15) is 31.0 Å². The number of nitriles is 1. The first kappa shape index (κ1) is 20.4. The molecule has 0 aliphatic rings. The number of benzene rings is 1. The molecule has 0 spiro atoms. The summed E-state index contributed by atoms with van der Waals surface area (Å²) >= 11 is 6.15. The largest absolute Gasteiger partial charge is 0.480 e. The zero-order valence-corrected chi connectivity index (χ0v) is 16.6. The maximum atomic E-state index is 12.8. The minimum Gasteiger partial charge on any atom is -0.480 e. The van der Waals surface area contributed by atoms with Gasteiger partial charge >= 0.3 is 6.55 Å². The lowest BCUT2D eigenvalue weighted by atomic mass is 10.1. The van der Waals surface area contributed by atoms with Gasteiger partial charge in [0, 0.05) is 5.56 Å². The van der Waals surface area contributed by atoms with Crippen molar-refractivity contribution in [2.45, 2.75) is 19.6 Å². The van der Waals surface area contributed by atoms with Gasteiger partial charge in [0.1, 0.15) is 30.1 Å². The number of halogens is 3. The third-order valence-corrected chi connectivity index (χ3v) is 4.73. The molecule has 4 rings (SSSR count). The van der Waals surface area contributed by atoms with Crippen LogP contribution in [0, 0.1) is 11.3 Å². The summed E-state index contributed by atoms with van der Waals surface area (Å²) in [5, 5.41) is 13.4. The number of anilines is 1. The Morgan fingerprint density at radius 3 is 2.71 bits per heavy atom. The molecule has 0 radical (unpaired) electrons. The lowest BCUT2D eigenvalue weighted by Crippen LogP contribution is -2.09. The van der Waals surface area contributed by atoms with Gasteiger partial charge in [0.05, 0.1) is 27.9 Å². The minimum absolute atomic E-state index is 0.0619. The third kappa shape index (κ3) is 3.80. The van der Waals surface area contributed by atoms with Gasteiger partial charge in [-0.2, -0.15) is 18.7 Å². The summed E-state index contributed by atoms with van der Waals surface area (Å²) in [5.74, 6) is 0.436. The Morgan fingerprint density at radius 2 is 2.03 bits per heavy atom. The number of hydrogen-bond acceptors (Lipinski definition) is 8. The van der Waals surface area contributed by atoms with Crippen molar-refractivity contribution in [3.63, 3.8) is 0 Å². The van der Waals surface area contributed by atoms with Crippen molar-refractivity contribution in [1.82, 2.24) is 29.7 Å². The monoisotopic (exact) mass is 442 g/mol. The van der Waals surface area contributed by atoms with Crippen LogP contribution in [0.2, 0.25) is 5.02 Å². The van der Waals surface area contributed by atoms with E-state index in [0.29, 0.717) is 32.4 Å². The highest BCUT2D eigenvalue weighted by Crippen LogP contribution is 2.36. The Balaban J connectivity index is 1.77. The maximum Gasteiger partial charge on any atom is 0.334 e. The molecule has 4 aromatic rings. The number of aromatic nitrogens is 6. The third-order valence-electron chi connectivity index (χ3n) is 4.41. The molecule has 1 aromatic carbocycles. The molecule has 2 N–H and O–H groups in total. The molecule has 3 heterocycles. The summed E-state index contributed by atoms with van der Waals surface area (Å²) in [6.07, 6.45) is 2.85. The second kappa shape index (κ2) is 8.08. The molecule has 156 valence electrons. The fraction of sp³-hybridized carbons (Fsp3) is 0.158. The zero-order valence-electron chi connectivity index (χ0n) is 15.9. The molecular weight excluding hydrogens is 430 g/mol. The number of fused-ring (bicyclic) bond motifs is 1. The van der Waals surface area contributed by atoms with E-state index in [1.807, 2.05) is 6.07 Å². The van der Waals surface area contributed by atoms with Gasteiger partial charge in [0.25, 0.3) is 0 Å². The van der Waals surface area contributed by atoms with Gasteiger partial charge in [-0.05, 0) is 19.1 Å². The van der Waals surface area contributed by atoms with Crippen LogP contribution in [0.25, 0.3) is 22.2 Å². The fourth-order valence-corrected chi connectivity index (χ4v) is 3.16. The average molecular weight is 443 g/mol. The number of rotatable bonds is 5. The summed E-state index contributed by atoms with van der Waals surface area (Å²) in [6.45, 7) is -1.20. The van der Waals surface area contributed by atoms with E-state index in [1.165, 1.54) is 12.5 Å². The molecule has 9 nitrogen and oxygen atoms in total. The lowest BCUT2D eigenvalue weighted by Gasteiger charge is -2.15. The van der Waals surface area contributed by atoms with E-state index in [9.17, 15) is 8.78 Å². The summed E-state index contributed by atoms with van der Waals surface area (Å²) in [5.41, 5.74) is 7.86. The molecule has 0 aliphatic carbocycles. The Morgan fingerprint density at radius 1 is 1.23 bits per heavy atom. The second-order valence-corrected chi connectivity index (χ2v) is 6.79. The second-order valence-electron chi connectivity index (χ2n) is 6.38. The van der Waals surface area contributed by atoms with Gasteiger partial charge in [-0.1, -0.05) is 17.7 Å². The average Bonchev–Trinajstić information content (AvgIpc) is 3.25. The van der Waals surface area contributed by atoms with E-state index in [4.69, 9.17) is 27.3 Å². The van der Waals surface area contributed by atoms with Crippen molar-refractivity contribution in [3.8, 4) is 23.1 Å². The van der Waals surface area contributed by atoms with Crippen LogP contribution < -0.4 is 10.5 Å². The Kier molecular flexibility index (Phi) is 5.31. The van der Waals surface area contributed by atoms with E-state index in [0.717, 1.165) is 6.33 Å². The standard InChI is InChI=1S/C19H13ClF2N8O/c1-9(18-28-8-30(29-18)19(21)22)31-13-6-25-15(16-14(13)17(24)27-7-26-16)10-2-3-11(5-23)12(20)4-10/h2-4,6-9,19H,1H3,(H2,24,26,27)/t9-/m1/s1. The number of alkyl halides is 2. The Bertz CT molecular complexity index is 1320. The molecule has 3 aromatic heterocycles. The molecule has 31 heavy (non-hydrogen) atoms. The first-order valence-corrected chi connectivity index (χ1v) is 9.22. The molecule has 12 heteroatoms. The van der Waals surface area contributed by atoms with Crippen molar-refractivity contribution < 1.29 is 13.5 Å². The number of nitrogen functional groups attached to an aromatic ring is 1. The van der Waals surface area contributed by atoms with E-state index in [2.05, 4.69) is 25.0 Å². The highest BCUT2D eigenvalue weighted by Gasteiger charge is 2.20. The Hall–Kier alpha value is -3.91. The van der Waals surface area contributed by atoms with Crippen molar-refractivity contribution in [3.05, 3.63) is 53.5 Å². The quantitative estimate of drug-likeness (QED) is 0.492. The zero-order chi connectivity index (χ0) is 22.1. The molecule has 1 atom stereocenters. The normalized spacial score (nSPS) is 12.1. The Labute approximate surface area is 179 Å². The van der Waals surface area contributed by atoms with E-state index >= 15 is 0 Å². The van der Waals surface area contributed by atoms with Crippen LogP contribution in [-0.2, 0) is 0 Å². The highest BCUT2D eigenvalue weighted by atomic mass is 35.5. The van der Waals surface area contributed by atoms with Crippen molar-refractivity contribution in [1.29, 1.82) is 5.26 Å². The van der Waals surface area contributed by atoms with E-state index in [1.54, 1.807) is 25.1 Å². The first-order chi connectivity index (χ1) is 14.9. The van der Waals surface area contributed by atoms with Crippen LogP contribution in [0.4, 0.5) is 14.6 Å². The van der Waals surface area contributed by atoms with Gasteiger partial charge in [0.2, 0.25) is 0 Å². The molecular formula is C19H13ClF2N8O. The summed E-state index contributed by atoms with van der Waals surface area (Å²) in [6, 6.07) is 6.86. The summed E-state index contributed by atoms with van der Waals surface area (Å²) in [7, 11) is 0. The van der Waals surface area contributed by atoms with Crippen molar-refractivity contribution in [2.75, 3.05) is 5.73 Å². The number of nitrogens with zero attached hydrogens (tertiary/aromatic N) is 7. The van der Waals surface area contributed by atoms with Gasteiger partial charge in [-0.25, -0.2) is 15.0 Å². The van der Waals surface area contributed by atoms with Crippen LogP contribution in [0.5, 0.6) is 5.75 Å². The van der Waals surface area contributed by atoms with Crippen molar-refractivity contribution in [2.24, 2.45) is 0 Å². The molecule has 0 saturated carbocycles. The van der Waals surface area contributed by atoms with Crippen LogP contribution in [-0.4, -0.2) is 29.7 Å². The van der Waals surface area contributed by atoms with E-state index in [-0.39, 0.29) is 22.4 Å². The lowest BCUT2D eigenvalue weighted by molar-refractivity contribution is 0.0550. The summed E-state index contributed by atoms with van der Waals surface area (Å²) in [4.78, 5) is 16.6. The molecule has 0 saturated heterocycles. The van der Waals surface area contributed by atoms with E-state index < -0.39 is 12.7 Å². The van der Waals surface area contributed by atoms with Crippen molar-refractivity contribution >= 4 is 28.3 Å². The molecule has 0 aliphatic heterocycles. The van der Waals surface area contributed by atoms with Gasteiger partial charge < -0.3 is 10.5 Å². The molecule has 0 unspecified atom stereocenters. The molecule has 0 fully saturated rings. The fourth-order valence-electron chi connectivity index (χ4n) is 2.94. The summed E-state index contributed by atoms with van der Waals surface area (Å²) < 4.78 is 31.8. The molecule has 0 bridgehead atoms. The predicted octanol–water partition coefficient (Wildman–Crippen LogP) is 3.93. The van der Waals surface area contributed by atoms with Crippen LogP contribution in [0.3, 0.4) is 0 Å². The smallest absolute Gasteiger partial charge is 0.334 e.